The highest BCUT2D eigenvalue weighted by molar-refractivity contribution is 5.92. The molecule has 1 N–H and O–H groups in total. The lowest BCUT2D eigenvalue weighted by Crippen LogP contribution is -2.09. The van der Waals surface area contributed by atoms with Crippen molar-refractivity contribution in [2.24, 2.45) is 0 Å². The Bertz CT molecular complexity index is 586. The first kappa shape index (κ1) is 11.9. The predicted molar refractivity (Wildman–Crippen MR) is 69.9 cm³/mol. The van der Waals surface area contributed by atoms with E-state index in [-0.39, 0.29) is 11.7 Å². The molecular weight excluding hydrogens is 242 g/mol. The Morgan fingerprint density at radius 2 is 1.89 bits per heavy atom. The van der Waals surface area contributed by atoms with E-state index >= 15 is 0 Å². The number of rotatable bonds is 3. The maximum absolute atomic E-state index is 11.3. The van der Waals surface area contributed by atoms with Crippen molar-refractivity contribution in [2.45, 2.75) is 31.7 Å². The number of benzene rings is 1. The second-order valence-corrected chi connectivity index (χ2v) is 4.84. The first-order valence-electron chi connectivity index (χ1n) is 6.51. The topological polar surface area (TPSA) is 68.0 Å². The highest BCUT2D eigenvalue weighted by Crippen LogP contribution is 2.33. The monoisotopic (exact) mass is 257 g/mol. The molecule has 0 unspecified atom stereocenters. The normalized spacial score (nSPS) is 15.8. The minimum absolute atomic E-state index is 0.0399. The Morgan fingerprint density at radius 1 is 1.21 bits per heavy atom. The molecule has 0 saturated heterocycles. The molecule has 1 saturated carbocycles. The summed E-state index contributed by atoms with van der Waals surface area (Å²) in [5.74, 6) is -1.02. The molecule has 5 nitrogen and oxygen atoms in total. The quantitative estimate of drug-likeness (QED) is 0.918. The lowest BCUT2D eigenvalue weighted by Gasteiger charge is -2.13. The van der Waals surface area contributed by atoms with E-state index in [0.29, 0.717) is 5.69 Å². The second-order valence-electron chi connectivity index (χ2n) is 4.84. The van der Waals surface area contributed by atoms with Crippen LogP contribution in [0.4, 0.5) is 0 Å². The largest absolute Gasteiger partial charge is 0.476 e. The van der Waals surface area contributed by atoms with Crippen molar-refractivity contribution in [1.82, 2.24) is 15.0 Å². The summed E-state index contributed by atoms with van der Waals surface area (Å²) in [6.07, 6.45) is 4.42. The van der Waals surface area contributed by atoms with Gasteiger partial charge in [-0.2, -0.15) is 0 Å². The van der Waals surface area contributed by atoms with Crippen LogP contribution in [0.3, 0.4) is 0 Å². The van der Waals surface area contributed by atoms with E-state index < -0.39 is 5.97 Å². The number of hydrogen-bond donors (Lipinski definition) is 1. The standard InChI is InChI=1S/C14H15N3O2/c18-14(19)12-13(10-6-2-1-3-7-10)17(16-15-12)11-8-4-5-9-11/h1-3,6-7,11H,4-5,8-9H2,(H,18,19). The van der Waals surface area contributed by atoms with Crippen LogP contribution in [0.2, 0.25) is 0 Å². The molecule has 0 spiro atoms. The first-order valence-corrected chi connectivity index (χ1v) is 6.51. The van der Waals surface area contributed by atoms with Crippen molar-refractivity contribution < 1.29 is 9.90 Å². The SMILES string of the molecule is O=C(O)c1nnn(C2CCCC2)c1-c1ccccc1. The van der Waals surface area contributed by atoms with Crippen LogP contribution < -0.4 is 0 Å². The number of carbonyl (C=O) groups is 1. The minimum atomic E-state index is -1.02. The van der Waals surface area contributed by atoms with Crippen molar-refractivity contribution in [3.8, 4) is 11.3 Å². The average Bonchev–Trinajstić information content (AvgIpc) is 3.08. The van der Waals surface area contributed by atoms with Crippen LogP contribution in [0.25, 0.3) is 11.3 Å². The Balaban J connectivity index is 2.13. The zero-order valence-electron chi connectivity index (χ0n) is 10.5. The fourth-order valence-corrected chi connectivity index (χ4v) is 2.71. The number of nitrogens with zero attached hydrogens (tertiary/aromatic N) is 3. The lowest BCUT2D eigenvalue weighted by molar-refractivity contribution is 0.0691. The van der Waals surface area contributed by atoms with Gasteiger partial charge in [0.2, 0.25) is 0 Å². The summed E-state index contributed by atoms with van der Waals surface area (Å²) in [6.45, 7) is 0. The third-order valence-corrected chi connectivity index (χ3v) is 3.61. The Labute approximate surface area is 110 Å². The highest BCUT2D eigenvalue weighted by Gasteiger charge is 2.26. The van der Waals surface area contributed by atoms with Gasteiger partial charge in [0.25, 0.3) is 0 Å². The number of carboxylic acid groups (broad SMARTS) is 1. The molecule has 19 heavy (non-hydrogen) atoms. The van der Waals surface area contributed by atoms with Crippen molar-refractivity contribution in [2.75, 3.05) is 0 Å². The third-order valence-electron chi connectivity index (χ3n) is 3.61. The van der Waals surface area contributed by atoms with E-state index in [1.165, 1.54) is 12.8 Å². The molecule has 0 bridgehead atoms. The summed E-state index contributed by atoms with van der Waals surface area (Å²) >= 11 is 0. The van der Waals surface area contributed by atoms with Crippen LogP contribution in [0.5, 0.6) is 0 Å². The number of hydrogen-bond acceptors (Lipinski definition) is 3. The fourth-order valence-electron chi connectivity index (χ4n) is 2.71. The fraction of sp³-hybridized carbons (Fsp3) is 0.357. The van der Waals surface area contributed by atoms with Crippen molar-refractivity contribution >= 4 is 5.97 Å². The molecule has 2 aromatic rings. The van der Waals surface area contributed by atoms with Gasteiger partial charge in [-0.25, -0.2) is 9.48 Å². The Morgan fingerprint density at radius 3 is 2.53 bits per heavy atom. The first-order chi connectivity index (χ1) is 9.27. The van der Waals surface area contributed by atoms with E-state index in [2.05, 4.69) is 10.3 Å². The van der Waals surface area contributed by atoms with Gasteiger partial charge in [0, 0.05) is 5.56 Å². The second kappa shape index (κ2) is 4.84. The van der Waals surface area contributed by atoms with Crippen LogP contribution in [0.1, 0.15) is 42.2 Å². The van der Waals surface area contributed by atoms with Gasteiger partial charge in [-0.3, -0.25) is 0 Å². The van der Waals surface area contributed by atoms with Crippen LogP contribution in [0.15, 0.2) is 30.3 Å². The Kier molecular flexibility index (Phi) is 3.03. The molecule has 1 aliphatic rings. The van der Waals surface area contributed by atoms with Crippen LogP contribution in [-0.2, 0) is 0 Å². The summed E-state index contributed by atoms with van der Waals surface area (Å²) in [5, 5.41) is 17.2. The molecule has 98 valence electrons. The van der Waals surface area contributed by atoms with E-state index in [1.54, 1.807) is 4.68 Å². The molecular formula is C14H15N3O2. The van der Waals surface area contributed by atoms with Gasteiger partial charge in [-0.1, -0.05) is 48.4 Å². The van der Waals surface area contributed by atoms with E-state index in [9.17, 15) is 9.90 Å². The summed E-state index contributed by atoms with van der Waals surface area (Å²) in [5.41, 5.74) is 1.52. The molecule has 1 aromatic heterocycles. The van der Waals surface area contributed by atoms with Gasteiger partial charge in [-0.05, 0) is 12.8 Å². The minimum Gasteiger partial charge on any atom is -0.476 e. The van der Waals surface area contributed by atoms with Crippen LogP contribution in [-0.4, -0.2) is 26.1 Å². The summed E-state index contributed by atoms with van der Waals surface area (Å²) in [6, 6.07) is 9.77. The molecule has 1 fully saturated rings. The van der Waals surface area contributed by atoms with Gasteiger partial charge in [0.15, 0.2) is 5.69 Å². The third kappa shape index (κ3) is 2.12. The molecule has 0 aliphatic heterocycles. The predicted octanol–water partition coefficient (Wildman–Crippen LogP) is 2.76. The van der Waals surface area contributed by atoms with Gasteiger partial charge < -0.3 is 5.11 Å². The summed E-state index contributed by atoms with van der Waals surface area (Å²) in [7, 11) is 0. The number of carboxylic acids is 1. The van der Waals surface area contributed by atoms with Gasteiger partial charge >= 0.3 is 5.97 Å². The van der Waals surface area contributed by atoms with Crippen molar-refractivity contribution in [1.29, 1.82) is 0 Å². The molecule has 1 aromatic carbocycles. The lowest BCUT2D eigenvalue weighted by atomic mass is 10.1. The highest BCUT2D eigenvalue weighted by atomic mass is 16.4. The van der Waals surface area contributed by atoms with Crippen LogP contribution in [0, 0.1) is 0 Å². The molecule has 3 rings (SSSR count). The Hall–Kier alpha value is -2.17. The summed E-state index contributed by atoms with van der Waals surface area (Å²) < 4.78 is 1.80. The molecule has 1 heterocycles. The molecule has 5 heteroatoms. The van der Waals surface area contributed by atoms with Crippen molar-refractivity contribution in [3.05, 3.63) is 36.0 Å². The number of aromatic carboxylic acids is 1. The van der Waals surface area contributed by atoms with Gasteiger partial charge in [0.1, 0.15) is 5.69 Å². The average molecular weight is 257 g/mol. The van der Waals surface area contributed by atoms with E-state index in [0.717, 1.165) is 18.4 Å². The maximum atomic E-state index is 11.3. The molecule has 1 aliphatic carbocycles. The van der Waals surface area contributed by atoms with Crippen LogP contribution >= 0.6 is 0 Å². The zero-order chi connectivity index (χ0) is 13.2. The summed E-state index contributed by atoms with van der Waals surface area (Å²) in [4.78, 5) is 11.3. The smallest absolute Gasteiger partial charge is 0.358 e. The zero-order valence-corrected chi connectivity index (χ0v) is 10.5. The molecule has 0 amide bonds. The molecule has 0 atom stereocenters. The van der Waals surface area contributed by atoms with E-state index in [4.69, 9.17) is 0 Å². The van der Waals surface area contributed by atoms with Crippen molar-refractivity contribution in [3.63, 3.8) is 0 Å². The van der Waals surface area contributed by atoms with Gasteiger partial charge in [0.05, 0.1) is 6.04 Å². The number of aromatic nitrogens is 3. The maximum Gasteiger partial charge on any atom is 0.358 e. The molecule has 0 radical (unpaired) electrons. The van der Waals surface area contributed by atoms with E-state index in [1.807, 2.05) is 30.3 Å². The van der Waals surface area contributed by atoms with Gasteiger partial charge in [-0.15, -0.1) is 5.10 Å².